The second-order valence-corrected chi connectivity index (χ2v) is 14.2. The van der Waals surface area contributed by atoms with Crippen molar-refractivity contribution < 1.29 is 19.4 Å². The van der Waals surface area contributed by atoms with Crippen LogP contribution < -0.4 is 5.32 Å². The Bertz CT molecular complexity index is 757. The molecule has 0 aliphatic heterocycles. The van der Waals surface area contributed by atoms with Crippen molar-refractivity contribution in [2.45, 2.75) is 130 Å². The highest BCUT2D eigenvalue weighted by atomic mass is 16.5. The molecule has 5 nitrogen and oxygen atoms in total. The summed E-state index contributed by atoms with van der Waals surface area (Å²) in [6.45, 7) is 13.6. The smallest absolute Gasteiger partial charge is 0.309 e. The summed E-state index contributed by atoms with van der Waals surface area (Å²) in [4.78, 5) is 12.9. The molecule has 4 saturated carbocycles. The number of ether oxygens (including phenoxy) is 2. The lowest BCUT2D eigenvalue weighted by Crippen LogP contribution is -2.64. The van der Waals surface area contributed by atoms with E-state index in [9.17, 15) is 9.90 Å². The van der Waals surface area contributed by atoms with E-state index in [2.05, 4.69) is 39.9 Å². The summed E-state index contributed by atoms with van der Waals surface area (Å²) < 4.78 is 11.7. The molecule has 0 aromatic heterocycles. The van der Waals surface area contributed by atoms with Crippen molar-refractivity contribution in [1.82, 2.24) is 5.32 Å². The van der Waals surface area contributed by atoms with Crippen LogP contribution in [-0.2, 0) is 14.3 Å². The summed E-state index contributed by atoms with van der Waals surface area (Å²) in [5.41, 5.74) is 0.173. The molecule has 0 aromatic carbocycles. The fourth-order valence-corrected chi connectivity index (χ4v) is 9.66. The zero-order valence-electron chi connectivity index (χ0n) is 24.8. The second-order valence-electron chi connectivity index (χ2n) is 14.2. The van der Waals surface area contributed by atoms with Crippen molar-refractivity contribution >= 4 is 5.97 Å². The fraction of sp³-hybridized carbons (Fsp3) is 0.969. The number of aliphatic hydroxyl groups is 1. The molecule has 5 heteroatoms. The number of carbonyl (C=O) groups excluding carboxylic acids is 1. The number of nitrogens with one attached hydrogen (secondary N) is 1. The molecule has 4 fully saturated rings. The molecule has 4 aliphatic rings. The van der Waals surface area contributed by atoms with E-state index in [0.29, 0.717) is 35.6 Å². The summed E-state index contributed by atoms with van der Waals surface area (Å²) in [6, 6.07) is 0.406. The maximum absolute atomic E-state index is 12.9. The van der Waals surface area contributed by atoms with Gasteiger partial charge in [-0.25, -0.2) is 0 Å². The van der Waals surface area contributed by atoms with Crippen LogP contribution in [0.4, 0.5) is 0 Å². The van der Waals surface area contributed by atoms with E-state index < -0.39 is 0 Å². The van der Waals surface area contributed by atoms with Gasteiger partial charge in [0.1, 0.15) is 0 Å². The van der Waals surface area contributed by atoms with Gasteiger partial charge < -0.3 is 19.9 Å². The van der Waals surface area contributed by atoms with E-state index in [4.69, 9.17) is 9.47 Å². The van der Waals surface area contributed by atoms with Gasteiger partial charge in [0.05, 0.1) is 25.2 Å². The van der Waals surface area contributed by atoms with Gasteiger partial charge in [0.15, 0.2) is 0 Å². The summed E-state index contributed by atoms with van der Waals surface area (Å²) in [7, 11) is 1.56. The van der Waals surface area contributed by atoms with E-state index in [1.165, 1.54) is 38.5 Å². The van der Waals surface area contributed by atoms with Gasteiger partial charge in [-0.15, -0.1) is 0 Å². The number of hydrogen-bond donors (Lipinski definition) is 2. The molecule has 214 valence electrons. The van der Waals surface area contributed by atoms with Crippen LogP contribution in [-0.4, -0.2) is 49.6 Å². The highest BCUT2D eigenvalue weighted by molar-refractivity contribution is 5.74. The largest absolute Gasteiger partial charge is 0.469 e. The molecule has 0 amide bonds. The van der Waals surface area contributed by atoms with Crippen molar-refractivity contribution in [3.05, 3.63) is 0 Å². The Hall–Kier alpha value is -0.650. The number of rotatable bonds is 11. The maximum atomic E-state index is 12.9. The Balaban J connectivity index is 1.58. The minimum atomic E-state index is -0.336. The van der Waals surface area contributed by atoms with Gasteiger partial charge in [-0.1, -0.05) is 53.9 Å². The predicted octanol–water partition coefficient (Wildman–Crippen LogP) is 6.37. The number of esters is 1. The molecular formula is C32H57NO4. The third kappa shape index (κ3) is 5.80. The molecule has 5 unspecified atom stereocenters. The van der Waals surface area contributed by atoms with Crippen LogP contribution in [0.5, 0.6) is 0 Å². The second kappa shape index (κ2) is 12.3. The van der Waals surface area contributed by atoms with Crippen LogP contribution in [0, 0.1) is 46.3 Å². The third-order valence-corrected chi connectivity index (χ3v) is 11.6. The minimum absolute atomic E-state index is 0.00149. The fourth-order valence-electron chi connectivity index (χ4n) is 9.66. The Morgan fingerprint density at radius 2 is 1.84 bits per heavy atom. The number of carbonyl (C=O) groups is 1. The van der Waals surface area contributed by atoms with Crippen LogP contribution in [0.3, 0.4) is 0 Å². The normalized spacial score (nSPS) is 43.2. The average molecular weight is 520 g/mol. The van der Waals surface area contributed by atoms with Gasteiger partial charge in [-0.3, -0.25) is 4.79 Å². The highest BCUT2D eigenvalue weighted by Gasteiger charge is 2.65. The Morgan fingerprint density at radius 1 is 1.05 bits per heavy atom. The number of aliphatic hydroxyl groups excluding tert-OH is 1. The number of hydrogen-bond acceptors (Lipinski definition) is 5. The first kappa shape index (κ1) is 29.3. The summed E-state index contributed by atoms with van der Waals surface area (Å²) in [5.74, 6) is 3.05. The molecule has 2 N–H and O–H groups in total. The topological polar surface area (TPSA) is 67.8 Å². The van der Waals surface area contributed by atoms with Crippen LogP contribution in [0.15, 0.2) is 0 Å². The standard InChI is InChI=1S/C32H57NO4/c1-7-8-9-10-17-37-28-20-31(4)22(18-27(28)34)11-12-23-24-13-14-25(30(35)36-6)32(24,5)19-26(29(23)31)33-16-15-21(2)3/h21-29,33-34H,7-20H2,1-6H3/t22?,23-,24-,25?,26?,27?,28?,29-,31-,32-/m0/s1. The zero-order chi connectivity index (χ0) is 26.8. The monoisotopic (exact) mass is 519 g/mol. The molecule has 0 radical (unpaired) electrons. The molecule has 0 heterocycles. The predicted molar refractivity (Wildman–Crippen MR) is 149 cm³/mol. The summed E-state index contributed by atoms with van der Waals surface area (Å²) >= 11 is 0. The third-order valence-electron chi connectivity index (χ3n) is 11.6. The zero-order valence-corrected chi connectivity index (χ0v) is 24.8. The van der Waals surface area contributed by atoms with E-state index in [1.807, 2.05) is 0 Å². The van der Waals surface area contributed by atoms with Crippen LogP contribution in [0.25, 0.3) is 0 Å². The van der Waals surface area contributed by atoms with E-state index in [-0.39, 0.29) is 34.9 Å². The van der Waals surface area contributed by atoms with Crippen LogP contribution >= 0.6 is 0 Å². The van der Waals surface area contributed by atoms with Crippen molar-refractivity contribution in [2.24, 2.45) is 46.3 Å². The molecule has 0 spiro atoms. The summed E-state index contributed by atoms with van der Waals surface area (Å²) in [5, 5.41) is 15.2. The van der Waals surface area contributed by atoms with Crippen molar-refractivity contribution in [3.63, 3.8) is 0 Å². The molecule has 10 atom stereocenters. The van der Waals surface area contributed by atoms with Gasteiger partial charge in [0, 0.05) is 12.6 Å². The molecule has 0 bridgehead atoms. The first-order chi connectivity index (χ1) is 17.7. The lowest BCUT2D eigenvalue weighted by Gasteiger charge is -2.64. The first-order valence-corrected chi connectivity index (χ1v) is 15.8. The maximum Gasteiger partial charge on any atom is 0.309 e. The minimum Gasteiger partial charge on any atom is -0.469 e. The van der Waals surface area contributed by atoms with Gasteiger partial charge in [0.25, 0.3) is 0 Å². The van der Waals surface area contributed by atoms with Gasteiger partial charge in [-0.2, -0.15) is 0 Å². The van der Waals surface area contributed by atoms with Gasteiger partial charge >= 0.3 is 5.97 Å². The SMILES string of the molecule is CCCCCCOC1C[C@@]2(C)C(CC[C@@H]3[C@H]2C(NCCC(C)C)C[C@]2(C)C(C(=O)OC)CC[C@@H]32)CC1O. The summed E-state index contributed by atoms with van der Waals surface area (Å²) in [6.07, 6.45) is 13.1. The van der Waals surface area contributed by atoms with Crippen molar-refractivity contribution in [2.75, 3.05) is 20.3 Å². The lowest BCUT2D eigenvalue weighted by atomic mass is 9.43. The Morgan fingerprint density at radius 3 is 2.54 bits per heavy atom. The molecule has 4 aliphatic carbocycles. The van der Waals surface area contributed by atoms with Crippen molar-refractivity contribution in [3.8, 4) is 0 Å². The Labute approximate surface area is 227 Å². The van der Waals surface area contributed by atoms with Gasteiger partial charge in [0.2, 0.25) is 0 Å². The molecular weight excluding hydrogens is 462 g/mol. The molecule has 4 rings (SSSR count). The molecule has 0 aromatic rings. The van der Waals surface area contributed by atoms with E-state index >= 15 is 0 Å². The van der Waals surface area contributed by atoms with E-state index in [1.54, 1.807) is 7.11 Å². The quantitative estimate of drug-likeness (QED) is 0.245. The Kier molecular flexibility index (Phi) is 9.71. The number of methoxy groups -OCH3 is 1. The first-order valence-electron chi connectivity index (χ1n) is 15.8. The molecule has 37 heavy (non-hydrogen) atoms. The van der Waals surface area contributed by atoms with E-state index in [0.717, 1.165) is 51.7 Å². The number of unbranched alkanes of at least 4 members (excludes halogenated alkanes) is 3. The highest BCUT2D eigenvalue weighted by Crippen LogP contribution is 2.67. The van der Waals surface area contributed by atoms with Crippen molar-refractivity contribution in [1.29, 1.82) is 0 Å². The van der Waals surface area contributed by atoms with Crippen LogP contribution in [0.1, 0.15) is 112 Å². The van der Waals surface area contributed by atoms with Crippen LogP contribution in [0.2, 0.25) is 0 Å². The lowest BCUT2D eigenvalue weighted by molar-refractivity contribution is -0.183. The number of fused-ring (bicyclic) bond motifs is 5. The van der Waals surface area contributed by atoms with Gasteiger partial charge in [-0.05, 0) is 105 Å². The molecule has 0 saturated heterocycles. The average Bonchev–Trinajstić information content (AvgIpc) is 3.20.